The Morgan fingerprint density at radius 2 is 1.90 bits per heavy atom. The molecular weight excluding hydrogens is 268 g/mol. The minimum atomic E-state index is -0.713. The van der Waals surface area contributed by atoms with Crippen LogP contribution in [0.4, 0.5) is 4.79 Å². The van der Waals surface area contributed by atoms with Crippen LogP contribution in [0.25, 0.3) is 0 Å². The van der Waals surface area contributed by atoms with E-state index in [1.54, 1.807) is 0 Å². The van der Waals surface area contributed by atoms with Crippen molar-refractivity contribution in [3.8, 4) is 0 Å². The maximum atomic E-state index is 12.3. The van der Waals surface area contributed by atoms with Gasteiger partial charge >= 0.3 is 12.0 Å². The predicted octanol–water partition coefficient (Wildman–Crippen LogP) is 2.71. The van der Waals surface area contributed by atoms with Gasteiger partial charge in [0.25, 0.3) is 0 Å². The van der Waals surface area contributed by atoms with Crippen LogP contribution in [0.1, 0.15) is 52.4 Å². The topological polar surface area (TPSA) is 69.6 Å². The summed E-state index contributed by atoms with van der Waals surface area (Å²) >= 11 is 0. The zero-order valence-electron chi connectivity index (χ0n) is 13.2. The van der Waals surface area contributed by atoms with Crippen molar-refractivity contribution in [3.63, 3.8) is 0 Å². The summed E-state index contributed by atoms with van der Waals surface area (Å²) in [6.07, 6.45) is 5.86. The molecule has 2 aliphatic rings. The Balaban J connectivity index is 1.86. The summed E-state index contributed by atoms with van der Waals surface area (Å²) in [5.41, 5.74) is 0. The molecule has 0 spiro atoms. The van der Waals surface area contributed by atoms with Gasteiger partial charge in [-0.2, -0.15) is 0 Å². The van der Waals surface area contributed by atoms with Gasteiger partial charge in [-0.25, -0.2) is 4.79 Å². The first-order valence-corrected chi connectivity index (χ1v) is 8.28. The first-order chi connectivity index (χ1) is 10.0. The van der Waals surface area contributed by atoms with E-state index in [2.05, 4.69) is 19.2 Å². The van der Waals surface area contributed by atoms with E-state index in [-0.39, 0.29) is 17.9 Å². The lowest BCUT2D eigenvalue weighted by atomic mass is 9.79. The Hall–Kier alpha value is -1.26. The number of urea groups is 1. The van der Waals surface area contributed by atoms with Gasteiger partial charge in [0.15, 0.2) is 0 Å². The summed E-state index contributed by atoms with van der Waals surface area (Å²) in [6, 6.07) is 0.313. The molecule has 2 fully saturated rings. The van der Waals surface area contributed by atoms with Crippen LogP contribution in [0, 0.1) is 17.8 Å². The Kier molecular flexibility index (Phi) is 5.48. The van der Waals surface area contributed by atoms with Crippen LogP contribution in [0.2, 0.25) is 0 Å². The van der Waals surface area contributed by atoms with Crippen LogP contribution in [0.5, 0.6) is 0 Å². The maximum Gasteiger partial charge on any atom is 0.317 e. The van der Waals surface area contributed by atoms with E-state index in [1.807, 2.05) is 4.90 Å². The van der Waals surface area contributed by atoms with E-state index < -0.39 is 5.97 Å². The van der Waals surface area contributed by atoms with E-state index in [0.717, 1.165) is 45.1 Å². The molecule has 5 nitrogen and oxygen atoms in total. The lowest BCUT2D eigenvalue weighted by molar-refractivity contribution is -0.144. The van der Waals surface area contributed by atoms with Gasteiger partial charge in [-0.1, -0.05) is 26.7 Å². The van der Waals surface area contributed by atoms with Crippen LogP contribution < -0.4 is 5.32 Å². The van der Waals surface area contributed by atoms with E-state index in [4.69, 9.17) is 0 Å². The molecule has 0 aromatic heterocycles. The molecule has 0 aromatic carbocycles. The summed E-state index contributed by atoms with van der Waals surface area (Å²) < 4.78 is 0. The van der Waals surface area contributed by atoms with Crippen LogP contribution in [-0.4, -0.2) is 41.1 Å². The molecule has 0 bridgehead atoms. The molecule has 0 radical (unpaired) electrons. The number of nitrogens with zero attached hydrogens (tertiary/aromatic N) is 1. The fourth-order valence-corrected chi connectivity index (χ4v) is 3.83. The van der Waals surface area contributed by atoms with Crippen LogP contribution in [-0.2, 0) is 4.79 Å². The summed E-state index contributed by atoms with van der Waals surface area (Å²) in [7, 11) is 0. The molecule has 2 amide bonds. The number of amides is 2. The highest BCUT2D eigenvalue weighted by Crippen LogP contribution is 2.30. The SMILES string of the molecule is CC(C)C1CCCN1C(=O)NCC1CCCCC1C(=O)O. The normalized spacial score (nSPS) is 29.7. The molecule has 1 aliphatic carbocycles. The second-order valence-electron chi connectivity index (χ2n) is 6.82. The molecule has 3 atom stereocenters. The van der Waals surface area contributed by atoms with Crippen molar-refractivity contribution in [2.24, 2.45) is 17.8 Å². The largest absolute Gasteiger partial charge is 0.481 e. The second-order valence-corrected chi connectivity index (χ2v) is 6.82. The van der Waals surface area contributed by atoms with E-state index in [1.165, 1.54) is 0 Å². The van der Waals surface area contributed by atoms with Crippen molar-refractivity contribution in [2.75, 3.05) is 13.1 Å². The first-order valence-electron chi connectivity index (χ1n) is 8.28. The minimum absolute atomic E-state index is 0.0130. The molecule has 1 saturated heterocycles. The van der Waals surface area contributed by atoms with Crippen LogP contribution in [0.3, 0.4) is 0 Å². The van der Waals surface area contributed by atoms with Gasteiger partial charge in [0.05, 0.1) is 5.92 Å². The number of hydrogen-bond donors (Lipinski definition) is 2. The van der Waals surface area contributed by atoms with Gasteiger partial charge in [0, 0.05) is 19.1 Å². The number of aliphatic carboxylic acids is 1. The molecule has 0 aromatic rings. The average molecular weight is 296 g/mol. The van der Waals surface area contributed by atoms with E-state index >= 15 is 0 Å². The fourth-order valence-electron chi connectivity index (χ4n) is 3.83. The van der Waals surface area contributed by atoms with E-state index in [9.17, 15) is 14.7 Å². The van der Waals surface area contributed by atoms with Gasteiger partial charge < -0.3 is 15.3 Å². The number of hydrogen-bond acceptors (Lipinski definition) is 2. The van der Waals surface area contributed by atoms with Gasteiger partial charge in [-0.3, -0.25) is 4.79 Å². The minimum Gasteiger partial charge on any atom is -0.481 e. The molecule has 21 heavy (non-hydrogen) atoms. The number of carboxylic acids is 1. The number of nitrogens with one attached hydrogen (secondary N) is 1. The lowest BCUT2D eigenvalue weighted by Crippen LogP contribution is -2.47. The summed E-state index contributed by atoms with van der Waals surface area (Å²) in [4.78, 5) is 25.6. The molecule has 2 N–H and O–H groups in total. The van der Waals surface area contributed by atoms with Gasteiger partial charge in [0.1, 0.15) is 0 Å². The molecule has 1 aliphatic heterocycles. The lowest BCUT2D eigenvalue weighted by Gasteiger charge is -2.31. The van der Waals surface area contributed by atoms with Crippen molar-refractivity contribution in [2.45, 2.75) is 58.4 Å². The zero-order chi connectivity index (χ0) is 15.4. The number of carbonyl (C=O) groups excluding carboxylic acids is 1. The maximum absolute atomic E-state index is 12.3. The van der Waals surface area contributed by atoms with Crippen molar-refractivity contribution in [1.82, 2.24) is 10.2 Å². The Bertz CT molecular complexity index is 384. The van der Waals surface area contributed by atoms with E-state index in [0.29, 0.717) is 18.5 Å². The molecule has 1 heterocycles. The highest BCUT2D eigenvalue weighted by atomic mass is 16.4. The summed E-state index contributed by atoms with van der Waals surface area (Å²) in [6.45, 7) is 5.62. The zero-order valence-corrected chi connectivity index (χ0v) is 13.2. The van der Waals surface area contributed by atoms with Crippen LogP contribution >= 0.6 is 0 Å². The Labute approximate surface area is 127 Å². The Morgan fingerprint density at radius 1 is 1.19 bits per heavy atom. The number of carbonyl (C=O) groups is 2. The van der Waals surface area contributed by atoms with Gasteiger partial charge in [-0.05, 0) is 37.5 Å². The van der Waals surface area contributed by atoms with Crippen molar-refractivity contribution >= 4 is 12.0 Å². The third-order valence-electron chi connectivity index (χ3n) is 5.07. The fraction of sp³-hybridized carbons (Fsp3) is 0.875. The number of likely N-dealkylation sites (tertiary alicyclic amines) is 1. The Morgan fingerprint density at radius 3 is 2.57 bits per heavy atom. The first kappa shape index (κ1) is 16.1. The molecule has 120 valence electrons. The van der Waals surface area contributed by atoms with Crippen molar-refractivity contribution in [3.05, 3.63) is 0 Å². The van der Waals surface area contributed by atoms with Crippen molar-refractivity contribution in [1.29, 1.82) is 0 Å². The predicted molar refractivity (Wildman–Crippen MR) is 81.0 cm³/mol. The number of carboxylic acid groups (broad SMARTS) is 1. The molecular formula is C16H28N2O3. The quantitative estimate of drug-likeness (QED) is 0.838. The third kappa shape index (κ3) is 3.89. The van der Waals surface area contributed by atoms with Crippen molar-refractivity contribution < 1.29 is 14.7 Å². The van der Waals surface area contributed by atoms with Gasteiger partial charge in [-0.15, -0.1) is 0 Å². The second kappa shape index (κ2) is 7.14. The molecule has 5 heteroatoms. The molecule has 2 rings (SSSR count). The van der Waals surface area contributed by atoms with Gasteiger partial charge in [0.2, 0.25) is 0 Å². The highest BCUT2D eigenvalue weighted by Gasteiger charge is 2.33. The van der Waals surface area contributed by atoms with Crippen LogP contribution in [0.15, 0.2) is 0 Å². The molecule has 3 unspecified atom stereocenters. The summed E-state index contributed by atoms with van der Waals surface area (Å²) in [5, 5.41) is 12.3. The third-order valence-corrected chi connectivity index (χ3v) is 5.07. The highest BCUT2D eigenvalue weighted by molar-refractivity contribution is 5.75. The molecule has 1 saturated carbocycles. The summed E-state index contributed by atoms with van der Waals surface area (Å²) in [5.74, 6) is -0.450. The number of rotatable bonds is 4. The monoisotopic (exact) mass is 296 g/mol. The standard InChI is InChI=1S/C16H28N2O3/c1-11(2)14-8-5-9-18(14)16(21)17-10-12-6-3-4-7-13(12)15(19)20/h11-14H,3-10H2,1-2H3,(H,17,21)(H,19,20). The average Bonchev–Trinajstić information content (AvgIpc) is 2.94. The smallest absolute Gasteiger partial charge is 0.317 e.